The van der Waals surface area contributed by atoms with Gasteiger partial charge in [-0.3, -0.25) is 0 Å². The summed E-state index contributed by atoms with van der Waals surface area (Å²) in [6.07, 6.45) is -2.81. The molecule has 1 rings (SSSR count). The van der Waals surface area contributed by atoms with Gasteiger partial charge in [-0.25, -0.2) is 4.79 Å². The largest absolute Gasteiger partial charge is 0.478 e. The average Bonchev–Trinajstić information content (AvgIpc) is 2.56. The summed E-state index contributed by atoms with van der Waals surface area (Å²) in [6.45, 7) is 3.17. The highest BCUT2D eigenvalue weighted by Gasteiger charge is 2.37. The first-order chi connectivity index (χ1) is 8.00. The van der Waals surface area contributed by atoms with Crippen molar-refractivity contribution in [1.29, 1.82) is 0 Å². The molecule has 0 fully saturated rings. The van der Waals surface area contributed by atoms with Gasteiger partial charge >= 0.3 is 12.1 Å². The van der Waals surface area contributed by atoms with Crippen LogP contribution in [0.4, 0.5) is 13.2 Å². The van der Waals surface area contributed by atoms with Crippen LogP contribution in [0.1, 0.15) is 36.2 Å². The molecule has 0 radical (unpaired) electrons. The molecule has 0 saturated heterocycles. The molecular weight excluding hydrogens is 251 g/mol. The van der Waals surface area contributed by atoms with E-state index in [9.17, 15) is 23.1 Å². The Hall–Kier alpha value is -1.50. The van der Waals surface area contributed by atoms with Gasteiger partial charge in [-0.15, -0.1) is 0 Å². The van der Waals surface area contributed by atoms with Crippen LogP contribution < -0.4 is 0 Å². The van der Waals surface area contributed by atoms with Crippen molar-refractivity contribution in [2.75, 3.05) is 0 Å². The fourth-order valence-electron chi connectivity index (χ4n) is 1.44. The number of aromatic carboxylic acids is 1. The fourth-order valence-corrected chi connectivity index (χ4v) is 1.44. The van der Waals surface area contributed by atoms with E-state index in [-0.39, 0.29) is 13.0 Å². The normalized spacial score (nSPS) is 12.8. The quantitative estimate of drug-likeness (QED) is 0.878. The second kappa shape index (κ2) is 4.64. The molecule has 18 heavy (non-hydrogen) atoms. The van der Waals surface area contributed by atoms with Gasteiger partial charge in [0.25, 0.3) is 0 Å². The number of alkyl halides is 3. The van der Waals surface area contributed by atoms with Crippen LogP contribution in [0.3, 0.4) is 0 Å². The number of carboxylic acids is 1. The standard InChI is InChI=1S/C11H14F3NO3/c1-10(2,18)3-4-15-5-7(9(16)17)8(6-15)11(12,13)14/h5-6,18H,3-4H2,1-2H3,(H,16,17). The van der Waals surface area contributed by atoms with Crippen molar-refractivity contribution in [3.8, 4) is 0 Å². The molecule has 4 nitrogen and oxygen atoms in total. The first-order valence-electron chi connectivity index (χ1n) is 5.23. The Labute approximate surface area is 102 Å². The van der Waals surface area contributed by atoms with Crippen LogP contribution in [0, 0.1) is 0 Å². The van der Waals surface area contributed by atoms with E-state index in [0.29, 0.717) is 0 Å². The van der Waals surface area contributed by atoms with Crippen molar-refractivity contribution in [2.45, 2.75) is 38.6 Å². The molecule has 0 amide bonds. The van der Waals surface area contributed by atoms with E-state index in [1.54, 1.807) is 0 Å². The number of halogens is 3. The number of hydrogen-bond donors (Lipinski definition) is 2. The van der Waals surface area contributed by atoms with Crippen LogP contribution in [0.2, 0.25) is 0 Å². The maximum absolute atomic E-state index is 12.6. The number of aromatic nitrogens is 1. The molecule has 2 N–H and O–H groups in total. The summed E-state index contributed by atoms with van der Waals surface area (Å²) in [7, 11) is 0. The van der Waals surface area contributed by atoms with E-state index < -0.39 is 28.9 Å². The number of aryl methyl sites for hydroxylation is 1. The molecule has 0 aliphatic heterocycles. The van der Waals surface area contributed by atoms with Gasteiger partial charge in [-0.1, -0.05) is 0 Å². The number of carboxylic acid groups (broad SMARTS) is 1. The smallest absolute Gasteiger partial charge is 0.418 e. The van der Waals surface area contributed by atoms with Crippen molar-refractivity contribution in [3.63, 3.8) is 0 Å². The summed E-state index contributed by atoms with van der Waals surface area (Å²) in [5.41, 5.74) is -2.98. The second-order valence-corrected chi connectivity index (χ2v) is 4.69. The Morgan fingerprint density at radius 3 is 2.22 bits per heavy atom. The Morgan fingerprint density at radius 1 is 1.33 bits per heavy atom. The van der Waals surface area contributed by atoms with Gasteiger partial charge < -0.3 is 14.8 Å². The Kier molecular flexibility index (Phi) is 3.75. The maximum Gasteiger partial charge on any atom is 0.418 e. The Balaban J connectivity index is 3.00. The molecule has 1 aromatic rings. The van der Waals surface area contributed by atoms with E-state index in [1.165, 1.54) is 13.8 Å². The molecule has 102 valence electrons. The molecule has 0 saturated carbocycles. The molecule has 0 aliphatic carbocycles. The highest BCUT2D eigenvalue weighted by molar-refractivity contribution is 5.89. The average molecular weight is 265 g/mol. The van der Waals surface area contributed by atoms with Gasteiger partial charge in [0.2, 0.25) is 0 Å². The lowest BCUT2D eigenvalue weighted by molar-refractivity contribution is -0.138. The number of rotatable bonds is 4. The van der Waals surface area contributed by atoms with Gasteiger partial charge in [0, 0.05) is 18.9 Å². The van der Waals surface area contributed by atoms with Crippen LogP contribution in [0.25, 0.3) is 0 Å². The fraction of sp³-hybridized carbons (Fsp3) is 0.545. The number of hydrogen-bond acceptors (Lipinski definition) is 2. The third-order valence-corrected chi connectivity index (χ3v) is 2.40. The summed E-state index contributed by atoms with van der Waals surface area (Å²) < 4.78 is 38.8. The van der Waals surface area contributed by atoms with Crippen molar-refractivity contribution in [1.82, 2.24) is 4.57 Å². The lowest BCUT2D eigenvalue weighted by Gasteiger charge is -2.16. The van der Waals surface area contributed by atoms with E-state index in [4.69, 9.17) is 5.11 Å². The SMILES string of the molecule is CC(C)(O)CCn1cc(C(=O)O)c(C(F)(F)F)c1. The zero-order chi connectivity index (χ0) is 14.1. The predicted molar refractivity (Wildman–Crippen MR) is 57.3 cm³/mol. The molecular formula is C11H14F3NO3. The predicted octanol–water partition coefficient (Wildman–Crippen LogP) is 2.37. The molecule has 0 aromatic carbocycles. The Bertz CT molecular complexity index is 443. The van der Waals surface area contributed by atoms with E-state index in [0.717, 1.165) is 17.0 Å². The highest BCUT2D eigenvalue weighted by Crippen LogP contribution is 2.32. The maximum atomic E-state index is 12.6. The van der Waals surface area contributed by atoms with Gasteiger partial charge in [0.05, 0.1) is 16.7 Å². The topological polar surface area (TPSA) is 62.5 Å². The van der Waals surface area contributed by atoms with Gasteiger partial charge in [0.15, 0.2) is 0 Å². The van der Waals surface area contributed by atoms with Gasteiger partial charge in [-0.2, -0.15) is 13.2 Å². The summed E-state index contributed by atoms with van der Waals surface area (Å²) in [5.74, 6) is -1.62. The van der Waals surface area contributed by atoms with Crippen LogP contribution in [-0.2, 0) is 12.7 Å². The molecule has 0 bridgehead atoms. The van der Waals surface area contributed by atoms with Crippen molar-refractivity contribution < 1.29 is 28.2 Å². The summed E-state index contributed by atoms with van der Waals surface area (Å²) in [4.78, 5) is 10.7. The summed E-state index contributed by atoms with van der Waals surface area (Å²) in [6, 6.07) is 0. The summed E-state index contributed by atoms with van der Waals surface area (Å²) in [5, 5.41) is 18.2. The molecule has 7 heteroatoms. The minimum Gasteiger partial charge on any atom is -0.478 e. The number of carbonyl (C=O) groups is 1. The molecule has 1 heterocycles. The van der Waals surface area contributed by atoms with Crippen LogP contribution in [0.15, 0.2) is 12.4 Å². The lowest BCUT2D eigenvalue weighted by Crippen LogP contribution is -2.20. The minimum absolute atomic E-state index is 0.111. The van der Waals surface area contributed by atoms with E-state index >= 15 is 0 Å². The van der Waals surface area contributed by atoms with Crippen molar-refractivity contribution in [3.05, 3.63) is 23.5 Å². The lowest BCUT2D eigenvalue weighted by atomic mass is 10.1. The van der Waals surface area contributed by atoms with Gasteiger partial charge in [0.1, 0.15) is 0 Å². The second-order valence-electron chi connectivity index (χ2n) is 4.69. The zero-order valence-electron chi connectivity index (χ0n) is 9.95. The third-order valence-electron chi connectivity index (χ3n) is 2.40. The zero-order valence-corrected chi connectivity index (χ0v) is 9.95. The van der Waals surface area contributed by atoms with Crippen LogP contribution >= 0.6 is 0 Å². The highest BCUT2D eigenvalue weighted by atomic mass is 19.4. The first-order valence-corrected chi connectivity index (χ1v) is 5.23. The monoisotopic (exact) mass is 265 g/mol. The Morgan fingerprint density at radius 2 is 1.89 bits per heavy atom. The molecule has 1 aromatic heterocycles. The molecule has 0 unspecified atom stereocenters. The molecule has 0 aliphatic rings. The van der Waals surface area contributed by atoms with Crippen molar-refractivity contribution >= 4 is 5.97 Å². The van der Waals surface area contributed by atoms with Crippen LogP contribution in [0.5, 0.6) is 0 Å². The summed E-state index contributed by atoms with van der Waals surface area (Å²) >= 11 is 0. The molecule has 0 atom stereocenters. The van der Waals surface area contributed by atoms with E-state index in [1.807, 2.05) is 0 Å². The van der Waals surface area contributed by atoms with Crippen molar-refractivity contribution in [2.24, 2.45) is 0 Å². The number of aliphatic hydroxyl groups is 1. The minimum atomic E-state index is -4.70. The van der Waals surface area contributed by atoms with Gasteiger partial charge in [-0.05, 0) is 20.3 Å². The molecule has 0 spiro atoms. The van der Waals surface area contributed by atoms with E-state index in [2.05, 4.69) is 0 Å². The van der Waals surface area contributed by atoms with Crippen LogP contribution in [-0.4, -0.2) is 26.4 Å². The number of nitrogens with zero attached hydrogens (tertiary/aromatic N) is 1. The third kappa shape index (κ3) is 3.76. The first kappa shape index (κ1) is 14.6.